The molecule has 0 saturated heterocycles. The standard InChI is InChI=1S/C14H16N2O/c1-10-6-7-11(2)12(9-10)15-14(17)13-5-4-8-16(13)3/h4-9H,1-3H3,(H,15,17). The highest BCUT2D eigenvalue weighted by Crippen LogP contribution is 2.17. The first kappa shape index (κ1) is 11.5. The Balaban J connectivity index is 2.24. The first-order chi connectivity index (χ1) is 8.08. The predicted octanol–water partition coefficient (Wildman–Crippen LogP) is 2.89. The Morgan fingerprint density at radius 2 is 2.00 bits per heavy atom. The lowest BCUT2D eigenvalue weighted by molar-refractivity contribution is 0.101. The first-order valence-electron chi connectivity index (χ1n) is 5.58. The van der Waals surface area contributed by atoms with E-state index in [2.05, 4.69) is 5.32 Å². The zero-order valence-corrected chi connectivity index (χ0v) is 10.3. The molecule has 1 heterocycles. The number of hydrogen-bond acceptors (Lipinski definition) is 1. The minimum atomic E-state index is -0.0776. The van der Waals surface area contributed by atoms with Crippen molar-refractivity contribution in [3.8, 4) is 0 Å². The summed E-state index contributed by atoms with van der Waals surface area (Å²) >= 11 is 0. The number of rotatable bonds is 2. The average molecular weight is 228 g/mol. The summed E-state index contributed by atoms with van der Waals surface area (Å²) in [6.07, 6.45) is 1.86. The third kappa shape index (κ3) is 2.38. The second kappa shape index (κ2) is 4.45. The normalized spacial score (nSPS) is 10.3. The van der Waals surface area contributed by atoms with Gasteiger partial charge in [-0.3, -0.25) is 4.79 Å². The Hall–Kier alpha value is -2.03. The van der Waals surface area contributed by atoms with Gasteiger partial charge >= 0.3 is 0 Å². The van der Waals surface area contributed by atoms with Gasteiger partial charge in [0.05, 0.1) is 0 Å². The lowest BCUT2D eigenvalue weighted by Gasteiger charge is -2.09. The van der Waals surface area contributed by atoms with Crippen LogP contribution in [0.3, 0.4) is 0 Å². The summed E-state index contributed by atoms with van der Waals surface area (Å²) in [6.45, 7) is 4.00. The van der Waals surface area contributed by atoms with Crippen LogP contribution in [0, 0.1) is 13.8 Å². The third-order valence-corrected chi connectivity index (χ3v) is 2.82. The van der Waals surface area contributed by atoms with Gasteiger partial charge in [0.1, 0.15) is 5.69 Å². The molecule has 1 aromatic carbocycles. The van der Waals surface area contributed by atoms with Crippen molar-refractivity contribution >= 4 is 11.6 Å². The van der Waals surface area contributed by atoms with Crippen molar-refractivity contribution in [3.63, 3.8) is 0 Å². The van der Waals surface area contributed by atoms with Gasteiger partial charge < -0.3 is 9.88 Å². The molecule has 2 aromatic rings. The van der Waals surface area contributed by atoms with Gasteiger partial charge in [-0.15, -0.1) is 0 Å². The van der Waals surface area contributed by atoms with Crippen LogP contribution >= 0.6 is 0 Å². The molecule has 1 N–H and O–H groups in total. The monoisotopic (exact) mass is 228 g/mol. The summed E-state index contributed by atoms with van der Waals surface area (Å²) in [7, 11) is 1.86. The maximum absolute atomic E-state index is 12.0. The van der Waals surface area contributed by atoms with E-state index >= 15 is 0 Å². The van der Waals surface area contributed by atoms with Gasteiger partial charge in [0.25, 0.3) is 5.91 Å². The van der Waals surface area contributed by atoms with Crippen molar-refractivity contribution in [1.29, 1.82) is 0 Å². The molecular formula is C14H16N2O. The zero-order chi connectivity index (χ0) is 12.4. The SMILES string of the molecule is Cc1ccc(C)c(NC(=O)c2cccn2C)c1. The summed E-state index contributed by atoms with van der Waals surface area (Å²) < 4.78 is 1.81. The van der Waals surface area contributed by atoms with Crippen molar-refractivity contribution in [2.45, 2.75) is 13.8 Å². The molecule has 0 fully saturated rings. The topological polar surface area (TPSA) is 34.0 Å². The average Bonchev–Trinajstić information content (AvgIpc) is 2.70. The van der Waals surface area contributed by atoms with Crippen LogP contribution in [0.15, 0.2) is 36.5 Å². The molecule has 0 unspecified atom stereocenters. The van der Waals surface area contributed by atoms with Gasteiger partial charge in [-0.25, -0.2) is 0 Å². The molecule has 0 radical (unpaired) electrons. The van der Waals surface area contributed by atoms with Crippen molar-refractivity contribution in [1.82, 2.24) is 4.57 Å². The molecule has 0 spiro atoms. The molecule has 0 atom stereocenters. The van der Waals surface area contributed by atoms with E-state index in [4.69, 9.17) is 0 Å². The molecule has 0 aliphatic rings. The molecule has 0 aliphatic heterocycles. The molecule has 3 heteroatoms. The number of benzene rings is 1. The fraction of sp³-hybridized carbons (Fsp3) is 0.214. The minimum absolute atomic E-state index is 0.0776. The minimum Gasteiger partial charge on any atom is -0.347 e. The van der Waals surface area contributed by atoms with Crippen LogP contribution in [-0.2, 0) is 7.05 Å². The van der Waals surface area contributed by atoms with Crippen molar-refractivity contribution in [2.75, 3.05) is 5.32 Å². The molecule has 1 amide bonds. The van der Waals surface area contributed by atoms with Gasteiger partial charge in [-0.1, -0.05) is 12.1 Å². The van der Waals surface area contributed by atoms with Crippen molar-refractivity contribution < 1.29 is 4.79 Å². The number of anilines is 1. The number of hydrogen-bond donors (Lipinski definition) is 1. The van der Waals surface area contributed by atoms with Gasteiger partial charge in [-0.2, -0.15) is 0 Å². The molecule has 0 aliphatic carbocycles. The van der Waals surface area contributed by atoms with E-state index in [0.717, 1.165) is 16.8 Å². The van der Waals surface area contributed by atoms with Crippen LogP contribution in [-0.4, -0.2) is 10.5 Å². The molecular weight excluding hydrogens is 212 g/mol. The zero-order valence-electron chi connectivity index (χ0n) is 10.3. The summed E-state index contributed by atoms with van der Waals surface area (Å²) in [6, 6.07) is 9.69. The molecule has 0 saturated carbocycles. The first-order valence-corrected chi connectivity index (χ1v) is 5.58. The van der Waals surface area contributed by atoms with Crippen LogP contribution in [0.25, 0.3) is 0 Å². The second-order valence-corrected chi connectivity index (χ2v) is 4.28. The number of aryl methyl sites for hydroxylation is 3. The summed E-state index contributed by atoms with van der Waals surface area (Å²) in [5.41, 5.74) is 3.73. The lowest BCUT2D eigenvalue weighted by atomic mass is 10.1. The fourth-order valence-corrected chi connectivity index (χ4v) is 1.75. The number of carbonyl (C=O) groups excluding carboxylic acids is 1. The van der Waals surface area contributed by atoms with E-state index < -0.39 is 0 Å². The number of nitrogens with one attached hydrogen (secondary N) is 1. The highest BCUT2D eigenvalue weighted by atomic mass is 16.1. The number of nitrogens with zero attached hydrogens (tertiary/aromatic N) is 1. The van der Waals surface area contributed by atoms with Crippen LogP contribution < -0.4 is 5.32 Å². The van der Waals surface area contributed by atoms with E-state index in [-0.39, 0.29) is 5.91 Å². The summed E-state index contributed by atoms with van der Waals surface area (Å²) in [4.78, 5) is 12.0. The molecule has 0 bridgehead atoms. The Labute approximate surface area is 101 Å². The highest BCUT2D eigenvalue weighted by molar-refractivity contribution is 6.03. The molecule has 17 heavy (non-hydrogen) atoms. The van der Waals surface area contributed by atoms with Crippen LogP contribution in [0.2, 0.25) is 0 Å². The summed E-state index contributed by atoms with van der Waals surface area (Å²) in [5.74, 6) is -0.0776. The predicted molar refractivity (Wildman–Crippen MR) is 69.3 cm³/mol. The molecule has 3 nitrogen and oxygen atoms in total. The third-order valence-electron chi connectivity index (χ3n) is 2.82. The fourth-order valence-electron chi connectivity index (χ4n) is 1.75. The van der Waals surface area contributed by atoms with Crippen LogP contribution in [0.5, 0.6) is 0 Å². The van der Waals surface area contributed by atoms with Crippen molar-refractivity contribution in [2.24, 2.45) is 7.05 Å². The van der Waals surface area contributed by atoms with Crippen LogP contribution in [0.1, 0.15) is 21.6 Å². The Morgan fingerprint density at radius 1 is 1.24 bits per heavy atom. The maximum Gasteiger partial charge on any atom is 0.272 e. The Morgan fingerprint density at radius 3 is 2.65 bits per heavy atom. The van der Waals surface area contributed by atoms with Crippen LogP contribution in [0.4, 0.5) is 5.69 Å². The smallest absolute Gasteiger partial charge is 0.272 e. The van der Waals surface area contributed by atoms with Crippen molar-refractivity contribution in [3.05, 3.63) is 53.3 Å². The van der Waals surface area contributed by atoms with E-state index in [1.54, 1.807) is 10.6 Å². The Bertz CT molecular complexity index is 555. The number of carbonyl (C=O) groups is 1. The molecule has 1 aromatic heterocycles. The van der Waals surface area contributed by atoms with Gasteiger partial charge in [0, 0.05) is 18.9 Å². The van der Waals surface area contributed by atoms with Gasteiger partial charge in [0.15, 0.2) is 0 Å². The van der Waals surface area contributed by atoms with Gasteiger partial charge in [-0.05, 0) is 43.2 Å². The molecule has 88 valence electrons. The van der Waals surface area contributed by atoms with Gasteiger partial charge in [0.2, 0.25) is 0 Å². The number of amides is 1. The van der Waals surface area contributed by atoms with E-state index in [9.17, 15) is 4.79 Å². The molecule has 2 rings (SSSR count). The maximum atomic E-state index is 12.0. The Kier molecular flexibility index (Phi) is 3.00. The van der Waals surface area contributed by atoms with E-state index in [1.807, 2.05) is 51.4 Å². The van der Waals surface area contributed by atoms with E-state index in [0.29, 0.717) is 5.69 Å². The lowest BCUT2D eigenvalue weighted by Crippen LogP contribution is -2.16. The summed E-state index contributed by atoms with van der Waals surface area (Å²) in [5, 5.41) is 2.93. The largest absolute Gasteiger partial charge is 0.347 e. The quantitative estimate of drug-likeness (QED) is 0.842. The number of aromatic nitrogens is 1. The van der Waals surface area contributed by atoms with E-state index in [1.165, 1.54) is 0 Å². The second-order valence-electron chi connectivity index (χ2n) is 4.28. The highest BCUT2D eigenvalue weighted by Gasteiger charge is 2.10.